The molecule has 0 aromatic rings. The topological polar surface area (TPSA) is 71.2 Å². The van der Waals surface area contributed by atoms with E-state index in [2.05, 4.69) is 18.8 Å². The Morgan fingerprint density at radius 3 is 2.17 bits per heavy atom. The first-order valence-electron chi connectivity index (χ1n) is 8.22. The molecule has 1 aliphatic rings. The largest absolute Gasteiger partial charge is 0.444 e. The zero-order chi connectivity index (χ0) is 16.8. The van der Waals surface area contributed by atoms with E-state index in [1.807, 2.05) is 25.7 Å². The molecule has 6 nitrogen and oxygen atoms in total. The standard InChI is InChI=1S/C16H32N4O2.HI/c1-13(2)7-6-8-18-14(17)19-9-11-20(12-10-19)15(21)22-16(3,4)5;/h13H,6-12H2,1-5H3,(H2,17,18);1H. The van der Waals surface area contributed by atoms with E-state index in [4.69, 9.17) is 10.5 Å². The van der Waals surface area contributed by atoms with Crippen molar-refractivity contribution in [2.24, 2.45) is 16.6 Å². The van der Waals surface area contributed by atoms with Crippen LogP contribution in [0.15, 0.2) is 4.99 Å². The third kappa shape index (κ3) is 9.22. The van der Waals surface area contributed by atoms with Gasteiger partial charge >= 0.3 is 6.09 Å². The summed E-state index contributed by atoms with van der Waals surface area (Å²) in [6, 6.07) is 0. The Balaban J connectivity index is 0.00000484. The van der Waals surface area contributed by atoms with Gasteiger partial charge in [-0.3, -0.25) is 4.99 Å². The summed E-state index contributed by atoms with van der Waals surface area (Å²) >= 11 is 0. The highest BCUT2D eigenvalue weighted by atomic mass is 127. The molecule has 1 saturated heterocycles. The zero-order valence-corrected chi connectivity index (χ0v) is 17.5. The van der Waals surface area contributed by atoms with Gasteiger partial charge in [-0.1, -0.05) is 13.8 Å². The normalized spacial score (nSPS) is 16.3. The van der Waals surface area contributed by atoms with Gasteiger partial charge in [0, 0.05) is 32.7 Å². The lowest BCUT2D eigenvalue weighted by atomic mass is 10.1. The SMILES string of the molecule is CC(C)CCCN=C(N)N1CCN(C(=O)OC(C)(C)C)CC1.I. The smallest absolute Gasteiger partial charge is 0.410 e. The van der Waals surface area contributed by atoms with Gasteiger partial charge in [0.15, 0.2) is 5.96 Å². The number of carbonyl (C=O) groups excluding carboxylic acids is 1. The quantitative estimate of drug-likeness (QED) is 0.316. The molecule has 0 bridgehead atoms. The minimum absolute atomic E-state index is 0. The first-order chi connectivity index (χ1) is 10.2. The number of halogens is 1. The summed E-state index contributed by atoms with van der Waals surface area (Å²) in [5.74, 6) is 1.29. The van der Waals surface area contributed by atoms with Crippen LogP contribution in [0.4, 0.5) is 4.79 Å². The number of ether oxygens (including phenoxy) is 1. The average molecular weight is 440 g/mol. The molecule has 136 valence electrons. The number of guanidine groups is 1. The van der Waals surface area contributed by atoms with Crippen LogP contribution >= 0.6 is 24.0 Å². The molecule has 23 heavy (non-hydrogen) atoms. The molecule has 0 saturated carbocycles. The lowest BCUT2D eigenvalue weighted by Gasteiger charge is -2.36. The van der Waals surface area contributed by atoms with E-state index in [1.54, 1.807) is 4.90 Å². The zero-order valence-electron chi connectivity index (χ0n) is 15.2. The van der Waals surface area contributed by atoms with Crippen molar-refractivity contribution in [2.75, 3.05) is 32.7 Å². The van der Waals surface area contributed by atoms with Crippen LogP contribution in [0.3, 0.4) is 0 Å². The molecule has 0 aromatic carbocycles. The van der Waals surface area contributed by atoms with Gasteiger partial charge in [-0.05, 0) is 39.5 Å². The number of nitrogens with zero attached hydrogens (tertiary/aromatic N) is 3. The Labute approximate surface area is 157 Å². The van der Waals surface area contributed by atoms with Gasteiger partial charge in [-0.25, -0.2) is 4.79 Å². The summed E-state index contributed by atoms with van der Waals surface area (Å²) < 4.78 is 5.38. The first kappa shape index (κ1) is 22.3. The summed E-state index contributed by atoms with van der Waals surface area (Å²) in [6.07, 6.45) is 1.99. The molecule has 0 unspecified atom stereocenters. The summed E-state index contributed by atoms with van der Waals surface area (Å²) in [6.45, 7) is 13.5. The van der Waals surface area contributed by atoms with E-state index in [0.29, 0.717) is 38.1 Å². The van der Waals surface area contributed by atoms with Crippen molar-refractivity contribution in [1.82, 2.24) is 9.80 Å². The molecule has 0 aromatic heterocycles. The average Bonchev–Trinajstić information content (AvgIpc) is 2.41. The van der Waals surface area contributed by atoms with Crippen LogP contribution in [-0.2, 0) is 4.74 Å². The van der Waals surface area contributed by atoms with E-state index in [9.17, 15) is 4.79 Å². The first-order valence-corrected chi connectivity index (χ1v) is 8.22. The van der Waals surface area contributed by atoms with Crippen molar-refractivity contribution in [1.29, 1.82) is 0 Å². The number of aliphatic imine (C=N–C) groups is 1. The van der Waals surface area contributed by atoms with Gasteiger partial charge in [0.25, 0.3) is 0 Å². The summed E-state index contributed by atoms with van der Waals surface area (Å²) in [7, 11) is 0. The lowest BCUT2D eigenvalue weighted by molar-refractivity contribution is 0.0186. The van der Waals surface area contributed by atoms with E-state index in [-0.39, 0.29) is 30.1 Å². The Morgan fingerprint density at radius 2 is 1.70 bits per heavy atom. The number of hydrogen-bond donors (Lipinski definition) is 1. The van der Waals surface area contributed by atoms with Crippen molar-refractivity contribution in [3.63, 3.8) is 0 Å². The summed E-state index contributed by atoms with van der Waals surface area (Å²) in [5, 5.41) is 0. The number of piperazine rings is 1. The third-order valence-corrected chi connectivity index (χ3v) is 3.47. The van der Waals surface area contributed by atoms with Crippen LogP contribution in [0.5, 0.6) is 0 Å². The van der Waals surface area contributed by atoms with Crippen molar-refractivity contribution in [3.8, 4) is 0 Å². The van der Waals surface area contributed by atoms with Crippen molar-refractivity contribution >= 4 is 36.0 Å². The molecule has 1 fully saturated rings. The second-order valence-electron chi connectivity index (χ2n) is 7.23. The predicted octanol–water partition coefficient (Wildman–Crippen LogP) is 2.91. The highest BCUT2D eigenvalue weighted by Gasteiger charge is 2.26. The van der Waals surface area contributed by atoms with Crippen LogP contribution in [0, 0.1) is 5.92 Å². The minimum atomic E-state index is -0.453. The van der Waals surface area contributed by atoms with E-state index >= 15 is 0 Å². The Bertz CT molecular complexity index is 386. The second-order valence-corrected chi connectivity index (χ2v) is 7.23. The Morgan fingerprint density at radius 1 is 1.17 bits per heavy atom. The van der Waals surface area contributed by atoms with Gasteiger partial charge < -0.3 is 20.3 Å². The van der Waals surface area contributed by atoms with E-state index in [0.717, 1.165) is 13.0 Å². The molecule has 2 N–H and O–H groups in total. The molecule has 1 rings (SSSR count). The molecule has 1 amide bonds. The van der Waals surface area contributed by atoms with Crippen LogP contribution < -0.4 is 5.73 Å². The maximum absolute atomic E-state index is 12.0. The molecular formula is C16H33IN4O2. The fraction of sp³-hybridized carbons (Fsp3) is 0.875. The van der Waals surface area contributed by atoms with Crippen molar-refractivity contribution in [2.45, 2.75) is 53.1 Å². The third-order valence-electron chi connectivity index (χ3n) is 3.47. The van der Waals surface area contributed by atoms with Crippen LogP contribution in [0.1, 0.15) is 47.5 Å². The van der Waals surface area contributed by atoms with Gasteiger partial charge in [0.05, 0.1) is 0 Å². The van der Waals surface area contributed by atoms with Crippen LogP contribution in [-0.4, -0.2) is 60.2 Å². The van der Waals surface area contributed by atoms with Gasteiger partial charge in [-0.15, -0.1) is 24.0 Å². The van der Waals surface area contributed by atoms with Crippen LogP contribution in [0.25, 0.3) is 0 Å². The summed E-state index contributed by atoms with van der Waals surface area (Å²) in [4.78, 5) is 20.2. The van der Waals surface area contributed by atoms with Crippen molar-refractivity contribution < 1.29 is 9.53 Å². The second kappa shape index (κ2) is 10.2. The summed E-state index contributed by atoms with van der Waals surface area (Å²) in [5.41, 5.74) is 5.58. The number of carbonyl (C=O) groups is 1. The molecule has 1 heterocycles. The van der Waals surface area contributed by atoms with E-state index < -0.39 is 5.60 Å². The minimum Gasteiger partial charge on any atom is -0.444 e. The molecule has 0 aliphatic carbocycles. The number of rotatable bonds is 4. The molecule has 0 atom stereocenters. The maximum atomic E-state index is 12.0. The Kier molecular flexibility index (Phi) is 9.88. The van der Waals surface area contributed by atoms with Gasteiger partial charge in [0.1, 0.15) is 5.60 Å². The van der Waals surface area contributed by atoms with Crippen molar-refractivity contribution in [3.05, 3.63) is 0 Å². The maximum Gasteiger partial charge on any atom is 0.410 e. The molecular weight excluding hydrogens is 407 g/mol. The Hall–Kier alpha value is -0.730. The monoisotopic (exact) mass is 440 g/mol. The van der Waals surface area contributed by atoms with Crippen LogP contribution in [0.2, 0.25) is 0 Å². The highest BCUT2D eigenvalue weighted by molar-refractivity contribution is 14.0. The molecule has 0 spiro atoms. The fourth-order valence-corrected chi connectivity index (χ4v) is 2.24. The highest BCUT2D eigenvalue weighted by Crippen LogP contribution is 2.12. The predicted molar refractivity (Wildman–Crippen MR) is 105 cm³/mol. The number of hydrogen-bond acceptors (Lipinski definition) is 3. The fourth-order valence-electron chi connectivity index (χ4n) is 2.24. The molecule has 0 radical (unpaired) electrons. The van der Waals surface area contributed by atoms with Gasteiger partial charge in [-0.2, -0.15) is 0 Å². The molecule has 7 heteroatoms. The lowest BCUT2D eigenvalue weighted by Crippen LogP contribution is -2.53. The van der Waals surface area contributed by atoms with Gasteiger partial charge in [0.2, 0.25) is 0 Å². The molecule has 1 aliphatic heterocycles. The number of amides is 1. The van der Waals surface area contributed by atoms with E-state index in [1.165, 1.54) is 6.42 Å². The number of nitrogens with two attached hydrogens (primary N) is 1.